The Balaban J connectivity index is 1.42. The van der Waals surface area contributed by atoms with Gasteiger partial charge in [-0.1, -0.05) is 32.0 Å². The lowest BCUT2D eigenvalue weighted by atomic mass is 9.87. The van der Waals surface area contributed by atoms with E-state index < -0.39 is 12.2 Å². The van der Waals surface area contributed by atoms with E-state index in [-0.39, 0.29) is 18.3 Å². The van der Waals surface area contributed by atoms with Crippen molar-refractivity contribution in [1.29, 1.82) is 0 Å². The van der Waals surface area contributed by atoms with Crippen LogP contribution in [0.5, 0.6) is 5.75 Å². The van der Waals surface area contributed by atoms with E-state index in [1.165, 1.54) is 23.3 Å². The van der Waals surface area contributed by atoms with E-state index in [9.17, 15) is 14.6 Å². The smallest absolute Gasteiger partial charge is 0.123 e. The first-order chi connectivity index (χ1) is 14.3. The molecule has 30 heavy (non-hydrogen) atoms. The summed E-state index contributed by atoms with van der Waals surface area (Å²) in [7, 11) is 0. The molecule has 0 bridgehead atoms. The van der Waals surface area contributed by atoms with Crippen LogP contribution in [0.25, 0.3) is 0 Å². The maximum atomic E-state index is 13.1. The number of hydrogen-bond donors (Lipinski definition) is 2. The summed E-state index contributed by atoms with van der Waals surface area (Å²) in [5, 5.41) is 21.0. The molecule has 1 aliphatic rings. The summed E-state index contributed by atoms with van der Waals surface area (Å²) in [6, 6.07) is 12.2. The zero-order valence-corrected chi connectivity index (χ0v) is 18.2. The third-order valence-electron chi connectivity index (χ3n) is 6.06. The normalized spacial score (nSPS) is 17.8. The van der Waals surface area contributed by atoms with Gasteiger partial charge in [0.25, 0.3) is 0 Å². The first-order valence-electron chi connectivity index (χ1n) is 10.9. The fourth-order valence-electron chi connectivity index (χ4n) is 4.31. The van der Waals surface area contributed by atoms with Crippen LogP contribution >= 0.6 is 0 Å². The Hall–Kier alpha value is -1.95. The van der Waals surface area contributed by atoms with Gasteiger partial charge in [0.1, 0.15) is 24.3 Å². The quantitative estimate of drug-likeness (QED) is 0.669. The molecule has 5 heteroatoms. The molecule has 164 valence electrons. The highest BCUT2D eigenvalue weighted by atomic mass is 19.1. The number of nitrogens with zero attached hydrogens (tertiary/aromatic N) is 1. The van der Waals surface area contributed by atoms with Gasteiger partial charge < -0.3 is 19.8 Å². The average molecular weight is 416 g/mol. The predicted molar refractivity (Wildman–Crippen MR) is 117 cm³/mol. The molecule has 2 aromatic rings. The number of benzene rings is 2. The molecular formula is C25H34FNO3. The highest BCUT2D eigenvalue weighted by Crippen LogP contribution is 2.31. The van der Waals surface area contributed by atoms with Crippen molar-refractivity contribution in [2.75, 3.05) is 26.2 Å². The van der Waals surface area contributed by atoms with Crippen molar-refractivity contribution in [3.8, 4) is 5.75 Å². The Labute approximate surface area is 179 Å². The Bertz CT molecular complexity index is 801. The van der Waals surface area contributed by atoms with Crippen molar-refractivity contribution < 1.29 is 19.3 Å². The van der Waals surface area contributed by atoms with E-state index in [2.05, 4.69) is 31.7 Å². The van der Waals surface area contributed by atoms with Crippen LogP contribution in [0, 0.1) is 18.7 Å². The Morgan fingerprint density at radius 2 is 1.73 bits per heavy atom. The van der Waals surface area contributed by atoms with E-state index in [4.69, 9.17) is 4.74 Å². The second-order valence-corrected chi connectivity index (χ2v) is 8.77. The van der Waals surface area contributed by atoms with Gasteiger partial charge in [0, 0.05) is 6.54 Å². The molecule has 2 unspecified atom stereocenters. The van der Waals surface area contributed by atoms with Crippen molar-refractivity contribution in [3.05, 3.63) is 65.0 Å². The molecule has 0 saturated carbocycles. The summed E-state index contributed by atoms with van der Waals surface area (Å²) in [4.78, 5) is 2.22. The first-order valence-corrected chi connectivity index (χ1v) is 10.9. The monoisotopic (exact) mass is 415 g/mol. The number of β-amino-alcohol motifs (C(OH)–C–C–N with tert-alkyl or cyclic N) is 1. The Kier molecular flexibility index (Phi) is 7.87. The SMILES string of the molecule is Cc1cc(OCC(O)CN2CCC(C(O)c3ccc(F)cc3)CC2)ccc1C(C)C. The molecule has 1 saturated heterocycles. The van der Waals surface area contributed by atoms with Gasteiger partial charge in [-0.15, -0.1) is 0 Å². The number of aryl methyl sites for hydroxylation is 1. The van der Waals surface area contributed by atoms with Gasteiger partial charge in [-0.2, -0.15) is 0 Å². The molecule has 4 nitrogen and oxygen atoms in total. The zero-order chi connectivity index (χ0) is 21.7. The molecule has 0 aliphatic carbocycles. The Morgan fingerprint density at radius 3 is 2.33 bits per heavy atom. The maximum absolute atomic E-state index is 13.1. The van der Waals surface area contributed by atoms with Crippen LogP contribution in [0.15, 0.2) is 42.5 Å². The number of likely N-dealkylation sites (tertiary alicyclic amines) is 1. The summed E-state index contributed by atoms with van der Waals surface area (Å²) < 4.78 is 18.9. The summed E-state index contributed by atoms with van der Waals surface area (Å²) in [5.74, 6) is 1.14. The van der Waals surface area contributed by atoms with Gasteiger partial charge in [-0.05, 0) is 85.6 Å². The molecule has 2 aromatic carbocycles. The molecule has 1 fully saturated rings. The van der Waals surface area contributed by atoms with E-state index in [1.54, 1.807) is 12.1 Å². The number of piperidine rings is 1. The molecular weight excluding hydrogens is 381 g/mol. The molecule has 1 heterocycles. The first kappa shape index (κ1) is 22.7. The van der Waals surface area contributed by atoms with Gasteiger partial charge >= 0.3 is 0 Å². The standard InChI is InChI=1S/C25H34FNO3/c1-17(2)24-9-8-23(14-18(24)3)30-16-22(28)15-27-12-10-20(11-13-27)25(29)19-4-6-21(26)7-5-19/h4-9,14,17,20,22,25,28-29H,10-13,15-16H2,1-3H3. The number of rotatable bonds is 8. The lowest BCUT2D eigenvalue weighted by molar-refractivity contribution is 0.0278. The molecule has 0 radical (unpaired) electrons. The molecule has 3 rings (SSSR count). The third-order valence-corrected chi connectivity index (χ3v) is 6.06. The van der Waals surface area contributed by atoms with Crippen molar-refractivity contribution in [2.24, 2.45) is 5.92 Å². The molecule has 2 N–H and O–H groups in total. The topological polar surface area (TPSA) is 52.9 Å². The van der Waals surface area contributed by atoms with Crippen molar-refractivity contribution in [3.63, 3.8) is 0 Å². The van der Waals surface area contributed by atoms with E-state index in [1.807, 2.05) is 12.1 Å². The van der Waals surface area contributed by atoms with Crippen LogP contribution in [-0.2, 0) is 0 Å². The second kappa shape index (κ2) is 10.4. The highest BCUT2D eigenvalue weighted by Gasteiger charge is 2.27. The largest absolute Gasteiger partial charge is 0.491 e. The predicted octanol–water partition coefficient (Wildman–Crippen LogP) is 4.44. The average Bonchev–Trinajstić information content (AvgIpc) is 2.72. The minimum absolute atomic E-state index is 0.155. The van der Waals surface area contributed by atoms with E-state index in [0.717, 1.165) is 37.2 Å². The van der Waals surface area contributed by atoms with Gasteiger partial charge in [0.2, 0.25) is 0 Å². The molecule has 0 aromatic heterocycles. The van der Waals surface area contributed by atoms with Crippen LogP contribution in [0.3, 0.4) is 0 Å². The summed E-state index contributed by atoms with van der Waals surface area (Å²) in [6.45, 7) is 8.90. The zero-order valence-electron chi connectivity index (χ0n) is 18.2. The fraction of sp³-hybridized carbons (Fsp3) is 0.520. The number of halogens is 1. The number of ether oxygens (including phenoxy) is 1. The molecule has 0 spiro atoms. The minimum atomic E-state index is -0.571. The molecule has 1 aliphatic heterocycles. The molecule has 2 atom stereocenters. The third kappa shape index (κ3) is 6.03. The van der Waals surface area contributed by atoms with E-state index in [0.29, 0.717) is 12.5 Å². The number of hydrogen-bond acceptors (Lipinski definition) is 4. The van der Waals surface area contributed by atoms with Gasteiger partial charge in [-0.3, -0.25) is 0 Å². The Morgan fingerprint density at radius 1 is 1.07 bits per heavy atom. The molecule has 0 amide bonds. The number of aliphatic hydroxyl groups is 2. The lowest BCUT2D eigenvalue weighted by Crippen LogP contribution is -2.41. The van der Waals surface area contributed by atoms with Gasteiger partial charge in [0.05, 0.1) is 6.10 Å². The summed E-state index contributed by atoms with van der Waals surface area (Å²) in [6.07, 6.45) is 0.566. The second-order valence-electron chi connectivity index (χ2n) is 8.77. The van der Waals surface area contributed by atoms with Crippen LogP contribution < -0.4 is 4.74 Å². The van der Waals surface area contributed by atoms with Crippen LogP contribution in [-0.4, -0.2) is 47.5 Å². The van der Waals surface area contributed by atoms with E-state index >= 15 is 0 Å². The maximum Gasteiger partial charge on any atom is 0.123 e. The minimum Gasteiger partial charge on any atom is -0.491 e. The highest BCUT2D eigenvalue weighted by molar-refractivity contribution is 5.36. The van der Waals surface area contributed by atoms with Gasteiger partial charge in [0.15, 0.2) is 0 Å². The van der Waals surface area contributed by atoms with Crippen LogP contribution in [0.1, 0.15) is 55.4 Å². The van der Waals surface area contributed by atoms with Crippen LogP contribution in [0.2, 0.25) is 0 Å². The van der Waals surface area contributed by atoms with Crippen molar-refractivity contribution in [1.82, 2.24) is 4.90 Å². The van der Waals surface area contributed by atoms with Crippen molar-refractivity contribution in [2.45, 2.75) is 51.7 Å². The summed E-state index contributed by atoms with van der Waals surface area (Å²) in [5.41, 5.74) is 3.29. The summed E-state index contributed by atoms with van der Waals surface area (Å²) >= 11 is 0. The van der Waals surface area contributed by atoms with Crippen molar-refractivity contribution >= 4 is 0 Å². The lowest BCUT2D eigenvalue weighted by Gasteiger charge is -2.35. The fourth-order valence-corrected chi connectivity index (χ4v) is 4.31. The number of aliphatic hydroxyl groups excluding tert-OH is 2. The van der Waals surface area contributed by atoms with Crippen LogP contribution in [0.4, 0.5) is 4.39 Å². The van der Waals surface area contributed by atoms with Gasteiger partial charge in [-0.25, -0.2) is 4.39 Å².